The van der Waals surface area contributed by atoms with Crippen molar-refractivity contribution in [2.24, 2.45) is 5.92 Å². The normalized spacial score (nSPS) is 16.1. The van der Waals surface area contributed by atoms with Crippen molar-refractivity contribution in [1.82, 2.24) is 0 Å². The Hall–Kier alpha value is -3.86. The number of carbonyl (C=O) groups is 3. The number of anilines is 2. The number of amides is 2. The first-order chi connectivity index (χ1) is 16.1. The Morgan fingerprint density at radius 2 is 1.94 bits per heavy atom. The summed E-state index contributed by atoms with van der Waals surface area (Å²) in [4.78, 5) is 49.3. The number of ether oxygens (including phenoxy) is 3. The van der Waals surface area contributed by atoms with E-state index in [-0.39, 0.29) is 35.3 Å². The van der Waals surface area contributed by atoms with Crippen molar-refractivity contribution in [2.75, 3.05) is 31.0 Å². The molecule has 1 aliphatic rings. The van der Waals surface area contributed by atoms with Crippen LogP contribution in [0.15, 0.2) is 36.4 Å². The van der Waals surface area contributed by atoms with Gasteiger partial charge in [-0.05, 0) is 25.1 Å². The number of hydrogen-bond donors (Lipinski definition) is 1. The van der Waals surface area contributed by atoms with Crippen molar-refractivity contribution >= 4 is 46.4 Å². The molecule has 1 N–H and O–H groups in total. The molecule has 11 nitrogen and oxygen atoms in total. The topological polar surface area (TPSA) is 137 Å². The first-order valence-corrected chi connectivity index (χ1v) is 10.5. The highest BCUT2D eigenvalue weighted by Crippen LogP contribution is 2.36. The average Bonchev–Trinajstić information content (AvgIpc) is 3.21. The van der Waals surface area contributed by atoms with E-state index in [1.165, 1.54) is 38.2 Å². The van der Waals surface area contributed by atoms with Crippen LogP contribution in [-0.4, -0.2) is 49.6 Å². The fourth-order valence-electron chi connectivity index (χ4n) is 3.38. The minimum Gasteiger partial charge on any atom is -0.497 e. The number of nitro groups is 1. The Kier molecular flexibility index (Phi) is 7.57. The second-order valence-corrected chi connectivity index (χ2v) is 7.84. The largest absolute Gasteiger partial charge is 0.497 e. The van der Waals surface area contributed by atoms with E-state index in [0.29, 0.717) is 17.2 Å². The summed E-state index contributed by atoms with van der Waals surface area (Å²) in [5.74, 6) is -1.49. The van der Waals surface area contributed by atoms with Crippen molar-refractivity contribution in [3.63, 3.8) is 0 Å². The third-order valence-corrected chi connectivity index (χ3v) is 5.53. The molecule has 12 heteroatoms. The second kappa shape index (κ2) is 10.4. The van der Waals surface area contributed by atoms with Gasteiger partial charge in [0.2, 0.25) is 5.91 Å². The van der Waals surface area contributed by atoms with Gasteiger partial charge in [-0.15, -0.1) is 0 Å². The molecule has 2 aromatic carbocycles. The molecular formula is C22H22ClN3O8. The zero-order valence-corrected chi connectivity index (χ0v) is 19.3. The molecule has 1 aliphatic heterocycles. The van der Waals surface area contributed by atoms with Crippen molar-refractivity contribution < 1.29 is 33.5 Å². The monoisotopic (exact) mass is 491 g/mol. The van der Waals surface area contributed by atoms with Gasteiger partial charge in [0.25, 0.3) is 11.6 Å². The quantitative estimate of drug-likeness (QED) is 0.337. The predicted octanol–water partition coefficient (Wildman–Crippen LogP) is 3.19. The molecule has 34 heavy (non-hydrogen) atoms. The van der Waals surface area contributed by atoms with Gasteiger partial charge in [-0.3, -0.25) is 24.5 Å². The summed E-state index contributed by atoms with van der Waals surface area (Å²) in [5.41, 5.74) is 0.391. The van der Waals surface area contributed by atoms with Gasteiger partial charge in [0.15, 0.2) is 6.10 Å². The molecule has 0 radical (unpaired) electrons. The predicted molar refractivity (Wildman–Crippen MR) is 122 cm³/mol. The van der Waals surface area contributed by atoms with E-state index in [2.05, 4.69) is 5.32 Å². The SMILES string of the molecule is COc1ccc(N2C[C@@H](C(=O)O[C@@H](C)C(=O)Nc3ccc([N+](=O)[O-])cc3Cl)CC2=O)c(OC)c1. The van der Waals surface area contributed by atoms with Crippen LogP contribution in [0.3, 0.4) is 0 Å². The van der Waals surface area contributed by atoms with Crippen LogP contribution in [0.4, 0.5) is 17.1 Å². The van der Waals surface area contributed by atoms with Gasteiger partial charge in [0.1, 0.15) is 11.5 Å². The van der Waals surface area contributed by atoms with Gasteiger partial charge >= 0.3 is 5.97 Å². The molecule has 1 fully saturated rings. The van der Waals surface area contributed by atoms with Crippen LogP contribution in [-0.2, 0) is 19.1 Å². The number of nitrogens with zero attached hydrogens (tertiary/aromatic N) is 2. The van der Waals surface area contributed by atoms with E-state index >= 15 is 0 Å². The minimum atomic E-state index is -1.20. The number of esters is 1. The third kappa shape index (κ3) is 5.37. The molecule has 0 unspecified atom stereocenters. The Morgan fingerprint density at radius 3 is 2.56 bits per heavy atom. The number of nitrogens with one attached hydrogen (secondary N) is 1. The van der Waals surface area contributed by atoms with Crippen LogP contribution in [0.1, 0.15) is 13.3 Å². The second-order valence-electron chi connectivity index (χ2n) is 7.43. The van der Waals surface area contributed by atoms with E-state index in [1.807, 2.05) is 0 Å². The van der Waals surface area contributed by atoms with Crippen LogP contribution >= 0.6 is 11.6 Å². The van der Waals surface area contributed by atoms with Crippen molar-refractivity contribution in [2.45, 2.75) is 19.4 Å². The maximum atomic E-state index is 12.6. The number of benzene rings is 2. The van der Waals surface area contributed by atoms with Gasteiger partial charge in [-0.2, -0.15) is 0 Å². The smallest absolute Gasteiger partial charge is 0.312 e. The Bertz CT molecular complexity index is 1140. The summed E-state index contributed by atoms with van der Waals surface area (Å²) in [6.07, 6.45) is -1.28. The van der Waals surface area contributed by atoms with Gasteiger partial charge < -0.3 is 24.4 Å². The molecule has 0 aliphatic carbocycles. The Balaban J connectivity index is 1.63. The van der Waals surface area contributed by atoms with Crippen LogP contribution in [0.5, 0.6) is 11.5 Å². The minimum absolute atomic E-state index is 0.0356. The fraction of sp³-hybridized carbons (Fsp3) is 0.318. The summed E-state index contributed by atoms with van der Waals surface area (Å²) in [6, 6.07) is 8.52. The molecule has 2 amide bonds. The maximum absolute atomic E-state index is 12.6. The molecule has 0 saturated carbocycles. The van der Waals surface area contributed by atoms with E-state index in [0.717, 1.165) is 6.07 Å². The van der Waals surface area contributed by atoms with Crippen LogP contribution in [0.25, 0.3) is 0 Å². The fourth-order valence-corrected chi connectivity index (χ4v) is 3.61. The number of rotatable bonds is 8. The lowest BCUT2D eigenvalue weighted by Gasteiger charge is -2.20. The van der Waals surface area contributed by atoms with Crippen LogP contribution < -0.4 is 19.7 Å². The highest BCUT2D eigenvalue weighted by atomic mass is 35.5. The molecule has 2 aromatic rings. The molecular weight excluding hydrogens is 470 g/mol. The van der Waals surface area contributed by atoms with Crippen LogP contribution in [0.2, 0.25) is 5.02 Å². The first-order valence-electron chi connectivity index (χ1n) is 10.1. The molecule has 1 heterocycles. The van der Waals surface area contributed by atoms with Gasteiger partial charge in [-0.1, -0.05) is 11.6 Å². The van der Waals surface area contributed by atoms with E-state index in [1.54, 1.807) is 18.2 Å². The average molecular weight is 492 g/mol. The van der Waals surface area contributed by atoms with Crippen molar-refractivity contribution in [3.8, 4) is 11.5 Å². The lowest BCUT2D eigenvalue weighted by molar-refractivity contribution is -0.384. The number of carbonyl (C=O) groups excluding carboxylic acids is 3. The molecule has 180 valence electrons. The summed E-state index contributed by atoms with van der Waals surface area (Å²) >= 11 is 5.98. The van der Waals surface area contributed by atoms with Crippen molar-refractivity contribution in [3.05, 3.63) is 51.5 Å². The molecule has 0 bridgehead atoms. The number of halogens is 1. The number of hydrogen-bond acceptors (Lipinski definition) is 8. The van der Waals surface area contributed by atoms with E-state index < -0.39 is 28.8 Å². The first kappa shape index (κ1) is 24.8. The Morgan fingerprint density at radius 1 is 1.21 bits per heavy atom. The highest BCUT2D eigenvalue weighted by molar-refractivity contribution is 6.34. The number of methoxy groups -OCH3 is 2. The van der Waals surface area contributed by atoms with Gasteiger partial charge in [0.05, 0.1) is 41.5 Å². The van der Waals surface area contributed by atoms with Crippen LogP contribution in [0, 0.1) is 16.0 Å². The molecule has 0 aromatic heterocycles. The maximum Gasteiger partial charge on any atom is 0.312 e. The molecule has 3 rings (SSSR count). The van der Waals surface area contributed by atoms with Gasteiger partial charge in [-0.25, -0.2) is 0 Å². The summed E-state index contributed by atoms with van der Waals surface area (Å²) in [5, 5.41) is 13.2. The number of nitro benzene ring substituents is 1. The van der Waals surface area contributed by atoms with E-state index in [9.17, 15) is 24.5 Å². The summed E-state index contributed by atoms with van der Waals surface area (Å²) < 4.78 is 15.8. The lowest BCUT2D eigenvalue weighted by Crippen LogP contribution is -2.33. The number of non-ortho nitro benzene ring substituents is 1. The standard InChI is InChI=1S/C22H22ClN3O8/c1-12(21(28)24-17-6-4-14(26(30)31)9-16(17)23)34-22(29)13-8-20(27)25(11-13)18-7-5-15(32-2)10-19(18)33-3/h4-7,9-10,12-13H,8,11H2,1-3H3,(H,24,28)/t12-,13-/m0/s1. The molecule has 2 atom stereocenters. The molecule has 0 spiro atoms. The third-order valence-electron chi connectivity index (χ3n) is 5.22. The van der Waals surface area contributed by atoms with Crippen molar-refractivity contribution in [1.29, 1.82) is 0 Å². The zero-order valence-electron chi connectivity index (χ0n) is 18.6. The Labute approximate surface area is 199 Å². The highest BCUT2D eigenvalue weighted by Gasteiger charge is 2.38. The summed E-state index contributed by atoms with van der Waals surface area (Å²) in [7, 11) is 2.97. The lowest BCUT2D eigenvalue weighted by atomic mass is 10.1. The molecule has 1 saturated heterocycles. The summed E-state index contributed by atoms with van der Waals surface area (Å²) in [6.45, 7) is 1.43. The van der Waals surface area contributed by atoms with E-state index in [4.69, 9.17) is 25.8 Å². The zero-order chi connectivity index (χ0) is 25.0. The van der Waals surface area contributed by atoms with Gasteiger partial charge in [0, 0.05) is 31.2 Å².